The molecule has 0 spiro atoms. The highest BCUT2D eigenvalue weighted by molar-refractivity contribution is 6.02. The molecule has 0 aliphatic heterocycles. The van der Waals surface area contributed by atoms with Crippen molar-refractivity contribution in [1.29, 1.82) is 0 Å². The third kappa shape index (κ3) is 3.04. The topological polar surface area (TPSA) is 115 Å². The normalized spacial score (nSPS) is 10.3. The quantitative estimate of drug-likeness (QED) is 0.719. The van der Waals surface area contributed by atoms with Gasteiger partial charge in [0.05, 0.1) is 19.9 Å². The van der Waals surface area contributed by atoms with E-state index in [1.54, 1.807) is 12.1 Å². The first-order valence-electron chi connectivity index (χ1n) is 5.92. The smallest absolute Gasteiger partial charge is 0.277 e. The zero-order valence-electron chi connectivity index (χ0n) is 10.9. The largest absolute Gasteiger partial charge is 0.504 e. The highest BCUT2D eigenvalue weighted by atomic mass is 16.5. The lowest BCUT2D eigenvalue weighted by Crippen LogP contribution is -2.12. The number of carbonyl (C=O) groups excluding carboxylic acids is 1. The van der Waals surface area contributed by atoms with Crippen molar-refractivity contribution >= 4 is 11.6 Å². The van der Waals surface area contributed by atoms with Crippen molar-refractivity contribution in [3.05, 3.63) is 30.1 Å². The van der Waals surface area contributed by atoms with E-state index >= 15 is 0 Å². The standard InChI is InChI=1S/C12H15N5O3/c1-20-11-3-2-8(6-10(11)18)14-12(19)9-7-17(5-4-13)16-15-9/h2-3,6-7,18H,4-5,13H2,1H3,(H,14,19). The Hall–Kier alpha value is -2.61. The van der Waals surface area contributed by atoms with Gasteiger partial charge in [-0.15, -0.1) is 5.10 Å². The van der Waals surface area contributed by atoms with Gasteiger partial charge in [0.1, 0.15) is 0 Å². The number of benzene rings is 1. The number of aromatic hydroxyl groups is 1. The van der Waals surface area contributed by atoms with Crippen LogP contribution in [0.2, 0.25) is 0 Å². The van der Waals surface area contributed by atoms with Gasteiger partial charge in [0.25, 0.3) is 5.91 Å². The van der Waals surface area contributed by atoms with Crippen molar-refractivity contribution in [2.45, 2.75) is 6.54 Å². The summed E-state index contributed by atoms with van der Waals surface area (Å²) in [6.45, 7) is 0.903. The maximum absolute atomic E-state index is 11.9. The van der Waals surface area contributed by atoms with Crippen LogP contribution in [0.15, 0.2) is 24.4 Å². The van der Waals surface area contributed by atoms with Crippen LogP contribution < -0.4 is 15.8 Å². The van der Waals surface area contributed by atoms with Crippen LogP contribution >= 0.6 is 0 Å². The van der Waals surface area contributed by atoms with Crippen molar-refractivity contribution in [2.75, 3.05) is 19.0 Å². The van der Waals surface area contributed by atoms with Crippen LogP contribution in [0.25, 0.3) is 0 Å². The lowest BCUT2D eigenvalue weighted by atomic mass is 10.2. The molecule has 0 saturated carbocycles. The predicted octanol–water partition coefficient (Wildman–Crippen LogP) is 0.203. The van der Waals surface area contributed by atoms with E-state index in [1.807, 2.05) is 0 Å². The molecule has 0 bridgehead atoms. The summed E-state index contributed by atoms with van der Waals surface area (Å²) in [6, 6.07) is 4.55. The first-order valence-corrected chi connectivity index (χ1v) is 5.92. The van der Waals surface area contributed by atoms with E-state index in [4.69, 9.17) is 10.5 Å². The minimum Gasteiger partial charge on any atom is -0.504 e. The van der Waals surface area contributed by atoms with E-state index in [0.29, 0.717) is 24.5 Å². The second-order valence-corrected chi connectivity index (χ2v) is 4.00. The number of hydrogen-bond acceptors (Lipinski definition) is 6. The Kier molecular flexibility index (Phi) is 4.16. The Morgan fingerprint density at radius 2 is 2.35 bits per heavy atom. The summed E-state index contributed by atoms with van der Waals surface area (Å²) in [5.74, 6) is -0.146. The molecule has 0 radical (unpaired) electrons. The summed E-state index contributed by atoms with van der Waals surface area (Å²) >= 11 is 0. The fourth-order valence-corrected chi connectivity index (χ4v) is 1.61. The van der Waals surface area contributed by atoms with Crippen LogP contribution in [0.4, 0.5) is 5.69 Å². The van der Waals surface area contributed by atoms with Crippen LogP contribution in [0.5, 0.6) is 11.5 Å². The molecule has 0 saturated heterocycles. The molecule has 2 aromatic rings. The zero-order chi connectivity index (χ0) is 14.5. The molecule has 1 amide bonds. The van der Waals surface area contributed by atoms with Gasteiger partial charge >= 0.3 is 0 Å². The first-order chi connectivity index (χ1) is 9.63. The summed E-state index contributed by atoms with van der Waals surface area (Å²) in [5, 5.41) is 19.7. The molecule has 0 aliphatic rings. The van der Waals surface area contributed by atoms with E-state index in [0.717, 1.165) is 0 Å². The SMILES string of the molecule is COc1ccc(NC(=O)c2cn(CCN)nn2)cc1O. The molecule has 2 rings (SSSR count). The number of nitrogens with two attached hydrogens (primary N) is 1. The molecule has 1 heterocycles. The van der Waals surface area contributed by atoms with Crippen LogP contribution in [0.1, 0.15) is 10.5 Å². The molecule has 0 unspecified atom stereocenters. The van der Waals surface area contributed by atoms with Crippen LogP contribution in [0.3, 0.4) is 0 Å². The lowest BCUT2D eigenvalue weighted by molar-refractivity contribution is 0.102. The summed E-state index contributed by atoms with van der Waals surface area (Å²) < 4.78 is 6.41. The number of nitrogens with zero attached hydrogens (tertiary/aromatic N) is 3. The summed E-state index contributed by atoms with van der Waals surface area (Å²) in [6.07, 6.45) is 1.51. The molecule has 0 fully saturated rings. The van der Waals surface area contributed by atoms with Gasteiger partial charge in [0.2, 0.25) is 0 Å². The fourth-order valence-electron chi connectivity index (χ4n) is 1.61. The van der Waals surface area contributed by atoms with Crippen molar-refractivity contribution in [2.24, 2.45) is 5.73 Å². The van der Waals surface area contributed by atoms with Gasteiger partial charge in [-0.3, -0.25) is 9.48 Å². The van der Waals surface area contributed by atoms with Gasteiger partial charge in [-0.25, -0.2) is 0 Å². The zero-order valence-corrected chi connectivity index (χ0v) is 10.9. The van der Waals surface area contributed by atoms with E-state index in [1.165, 1.54) is 24.1 Å². The molecular weight excluding hydrogens is 262 g/mol. The highest BCUT2D eigenvalue weighted by Crippen LogP contribution is 2.28. The number of ether oxygens (including phenoxy) is 1. The van der Waals surface area contributed by atoms with Gasteiger partial charge in [0.15, 0.2) is 17.2 Å². The van der Waals surface area contributed by atoms with E-state index in [9.17, 15) is 9.90 Å². The van der Waals surface area contributed by atoms with Crippen molar-refractivity contribution in [1.82, 2.24) is 15.0 Å². The Bertz CT molecular complexity index is 611. The number of amides is 1. The minimum atomic E-state index is -0.419. The number of nitrogens with one attached hydrogen (secondary N) is 1. The Labute approximate surface area is 115 Å². The molecule has 0 aliphatic carbocycles. The second-order valence-electron chi connectivity index (χ2n) is 4.00. The van der Waals surface area contributed by atoms with Crippen LogP contribution in [-0.4, -0.2) is 39.7 Å². The molecule has 106 valence electrons. The van der Waals surface area contributed by atoms with Crippen molar-refractivity contribution < 1.29 is 14.6 Å². The molecule has 0 atom stereocenters. The van der Waals surface area contributed by atoms with Crippen LogP contribution in [-0.2, 0) is 6.54 Å². The molecule has 1 aromatic heterocycles. The molecule has 1 aromatic carbocycles. The Morgan fingerprint density at radius 1 is 1.55 bits per heavy atom. The predicted molar refractivity (Wildman–Crippen MR) is 71.7 cm³/mol. The maximum atomic E-state index is 11.9. The number of phenolic OH excluding ortho intramolecular Hbond substituents is 1. The third-order valence-corrected chi connectivity index (χ3v) is 2.57. The van der Waals surface area contributed by atoms with E-state index in [-0.39, 0.29) is 11.4 Å². The van der Waals surface area contributed by atoms with Gasteiger partial charge in [-0.2, -0.15) is 0 Å². The van der Waals surface area contributed by atoms with Gasteiger partial charge < -0.3 is 20.9 Å². The fraction of sp³-hybridized carbons (Fsp3) is 0.250. The number of rotatable bonds is 5. The van der Waals surface area contributed by atoms with Crippen molar-refractivity contribution in [3.8, 4) is 11.5 Å². The van der Waals surface area contributed by atoms with Gasteiger partial charge in [-0.1, -0.05) is 5.21 Å². The number of aromatic nitrogens is 3. The Morgan fingerprint density at radius 3 is 3.00 bits per heavy atom. The van der Waals surface area contributed by atoms with Crippen molar-refractivity contribution in [3.63, 3.8) is 0 Å². The highest BCUT2D eigenvalue weighted by Gasteiger charge is 2.12. The van der Waals surface area contributed by atoms with E-state index in [2.05, 4.69) is 15.6 Å². The monoisotopic (exact) mass is 277 g/mol. The number of phenols is 1. The maximum Gasteiger partial charge on any atom is 0.277 e. The third-order valence-electron chi connectivity index (χ3n) is 2.57. The molecule has 8 heteroatoms. The number of anilines is 1. The molecular formula is C12H15N5O3. The van der Waals surface area contributed by atoms with E-state index < -0.39 is 5.91 Å². The first kappa shape index (κ1) is 13.8. The van der Waals surface area contributed by atoms with Crippen LogP contribution in [0, 0.1) is 0 Å². The average molecular weight is 277 g/mol. The lowest BCUT2D eigenvalue weighted by Gasteiger charge is -2.06. The number of hydrogen-bond donors (Lipinski definition) is 3. The minimum absolute atomic E-state index is 0.0583. The van der Waals surface area contributed by atoms with Gasteiger partial charge in [-0.05, 0) is 12.1 Å². The molecule has 4 N–H and O–H groups in total. The van der Waals surface area contributed by atoms with Gasteiger partial charge in [0, 0.05) is 18.3 Å². The average Bonchev–Trinajstić information content (AvgIpc) is 2.88. The number of carbonyl (C=O) groups is 1. The second kappa shape index (κ2) is 6.02. The molecule has 20 heavy (non-hydrogen) atoms. The summed E-state index contributed by atoms with van der Waals surface area (Å²) in [7, 11) is 1.45. The number of methoxy groups -OCH3 is 1. The molecule has 8 nitrogen and oxygen atoms in total. The Balaban J connectivity index is 2.08. The summed E-state index contributed by atoms with van der Waals surface area (Å²) in [5.41, 5.74) is 5.99. The summed E-state index contributed by atoms with van der Waals surface area (Å²) in [4.78, 5) is 11.9.